The van der Waals surface area contributed by atoms with Crippen molar-refractivity contribution in [1.29, 1.82) is 0 Å². The molecule has 1 aliphatic rings. The van der Waals surface area contributed by atoms with E-state index in [2.05, 4.69) is 35.2 Å². The van der Waals surface area contributed by atoms with Gasteiger partial charge in [-0.2, -0.15) is 0 Å². The Morgan fingerprint density at radius 3 is 2.53 bits per heavy atom. The van der Waals surface area contributed by atoms with Crippen molar-refractivity contribution in [1.82, 2.24) is 0 Å². The average Bonchev–Trinajstić information content (AvgIpc) is 2.40. The Bertz CT molecular complexity index is 562. The third-order valence-electron chi connectivity index (χ3n) is 3.73. The summed E-state index contributed by atoms with van der Waals surface area (Å²) in [4.78, 5) is 2.30. The molecule has 3 rings (SSSR count). The van der Waals surface area contributed by atoms with Crippen molar-refractivity contribution in [3.8, 4) is 5.75 Å². The molecule has 98 valence electrons. The van der Waals surface area contributed by atoms with Crippen LogP contribution in [-0.2, 0) is 0 Å². The molecule has 0 unspecified atom stereocenters. The summed E-state index contributed by atoms with van der Waals surface area (Å²) in [5.74, 6) is 1.46. The third kappa shape index (κ3) is 2.24. The fourth-order valence-electron chi connectivity index (χ4n) is 2.54. The van der Waals surface area contributed by atoms with E-state index in [9.17, 15) is 0 Å². The van der Waals surface area contributed by atoms with E-state index in [-0.39, 0.29) is 0 Å². The van der Waals surface area contributed by atoms with E-state index in [0.717, 1.165) is 30.2 Å². The molecule has 0 saturated carbocycles. The van der Waals surface area contributed by atoms with E-state index in [4.69, 9.17) is 10.5 Å². The van der Waals surface area contributed by atoms with Crippen LogP contribution in [0.25, 0.3) is 0 Å². The molecule has 1 fully saturated rings. The molecule has 2 aromatic carbocycles. The Morgan fingerprint density at radius 2 is 1.84 bits per heavy atom. The first-order valence-corrected chi connectivity index (χ1v) is 6.51. The first kappa shape index (κ1) is 11.9. The van der Waals surface area contributed by atoms with Gasteiger partial charge in [-0.05, 0) is 17.7 Å². The second kappa shape index (κ2) is 4.84. The first-order chi connectivity index (χ1) is 9.28. The number of hydrogen-bond acceptors (Lipinski definition) is 3. The van der Waals surface area contributed by atoms with Crippen LogP contribution in [0.3, 0.4) is 0 Å². The molecular formula is C16H18N2O. The smallest absolute Gasteiger partial charge is 0.121 e. The zero-order valence-corrected chi connectivity index (χ0v) is 11.0. The molecule has 3 nitrogen and oxygen atoms in total. The van der Waals surface area contributed by atoms with Gasteiger partial charge in [-0.1, -0.05) is 30.3 Å². The zero-order chi connectivity index (χ0) is 13.2. The molecule has 1 aliphatic heterocycles. The van der Waals surface area contributed by atoms with Crippen LogP contribution in [0, 0.1) is 0 Å². The molecule has 3 heteroatoms. The predicted octanol–water partition coefficient (Wildman–Crippen LogP) is 2.88. The topological polar surface area (TPSA) is 38.5 Å². The van der Waals surface area contributed by atoms with Crippen molar-refractivity contribution in [3.63, 3.8) is 0 Å². The van der Waals surface area contributed by atoms with E-state index in [1.54, 1.807) is 7.11 Å². The lowest BCUT2D eigenvalue weighted by Crippen LogP contribution is -2.45. The van der Waals surface area contributed by atoms with Crippen molar-refractivity contribution >= 4 is 11.4 Å². The molecule has 2 N–H and O–H groups in total. The number of anilines is 2. The Morgan fingerprint density at radius 1 is 1.11 bits per heavy atom. The Labute approximate surface area is 113 Å². The molecule has 1 saturated heterocycles. The van der Waals surface area contributed by atoms with Gasteiger partial charge in [0.1, 0.15) is 5.75 Å². The van der Waals surface area contributed by atoms with Crippen LogP contribution in [0.15, 0.2) is 48.5 Å². The van der Waals surface area contributed by atoms with Gasteiger partial charge in [0.15, 0.2) is 0 Å². The average molecular weight is 254 g/mol. The normalized spacial score (nSPS) is 15.1. The Hall–Kier alpha value is -2.16. The lowest BCUT2D eigenvalue weighted by atomic mass is 9.91. The van der Waals surface area contributed by atoms with Crippen LogP contribution in [0.4, 0.5) is 11.4 Å². The summed E-state index contributed by atoms with van der Waals surface area (Å²) in [6, 6.07) is 16.4. The highest BCUT2D eigenvalue weighted by Gasteiger charge is 2.29. The fourth-order valence-corrected chi connectivity index (χ4v) is 2.54. The summed E-state index contributed by atoms with van der Waals surface area (Å²) in [5.41, 5.74) is 9.33. The van der Waals surface area contributed by atoms with Gasteiger partial charge < -0.3 is 15.4 Å². The lowest BCUT2D eigenvalue weighted by molar-refractivity contribution is 0.414. The standard InChI is InChI=1S/C16H18N2O/c1-19-14-7-8-15(17)16(9-14)18-10-13(11-18)12-5-3-2-4-6-12/h2-9,13H,10-11,17H2,1H3. The van der Waals surface area contributed by atoms with Crippen molar-refractivity contribution in [2.45, 2.75) is 5.92 Å². The van der Waals surface area contributed by atoms with Crippen LogP contribution in [0.5, 0.6) is 5.75 Å². The van der Waals surface area contributed by atoms with E-state index < -0.39 is 0 Å². The summed E-state index contributed by atoms with van der Waals surface area (Å²) in [7, 11) is 1.68. The van der Waals surface area contributed by atoms with Gasteiger partial charge >= 0.3 is 0 Å². The van der Waals surface area contributed by atoms with E-state index in [0.29, 0.717) is 5.92 Å². The van der Waals surface area contributed by atoms with Gasteiger partial charge in [0.2, 0.25) is 0 Å². The summed E-state index contributed by atoms with van der Waals surface area (Å²) < 4.78 is 5.26. The number of benzene rings is 2. The molecule has 2 aromatic rings. The van der Waals surface area contributed by atoms with E-state index in [1.807, 2.05) is 18.2 Å². The monoisotopic (exact) mass is 254 g/mol. The van der Waals surface area contributed by atoms with E-state index >= 15 is 0 Å². The second-order valence-electron chi connectivity index (χ2n) is 4.94. The van der Waals surface area contributed by atoms with Gasteiger partial charge in [0.05, 0.1) is 18.5 Å². The molecule has 0 aromatic heterocycles. The highest BCUT2D eigenvalue weighted by molar-refractivity contribution is 5.71. The lowest BCUT2D eigenvalue weighted by Gasteiger charge is -2.42. The van der Waals surface area contributed by atoms with Gasteiger partial charge in [0, 0.05) is 25.1 Å². The number of hydrogen-bond donors (Lipinski definition) is 1. The summed E-state index contributed by atoms with van der Waals surface area (Å²) in [6.07, 6.45) is 0. The van der Waals surface area contributed by atoms with Gasteiger partial charge in [-0.3, -0.25) is 0 Å². The van der Waals surface area contributed by atoms with Crippen LogP contribution < -0.4 is 15.4 Å². The molecule has 0 bridgehead atoms. The van der Waals surface area contributed by atoms with Crippen LogP contribution in [-0.4, -0.2) is 20.2 Å². The number of methoxy groups -OCH3 is 1. The van der Waals surface area contributed by atoms with Crippen LogP contribution in [0.1, 0.15) is 11.5 Å². The minimum absolute atomic E-state index is 0.604. The van der Waals surface area contributed by atoms with E-state index in [1.165, 1.54) is 5.56 Å². The van der Waals surface area contributed by atoms with Crippen molar-refractivity contribution in [2.24, 2.45) is 0 Å². The third-order valence-corrected chi connectivity index (χ3v) is 3.73. The number of ether oxygens (including phenoxy) is 1. The highest BCUT2D eigenvalue weighted by Crippen LogP contribution is 2.36. The second-order valence-corrected chi connectivity index (χ2v) is 4.94. The van der Waals surface area contributed by atoms with Gasteiger partial charge in [-0.25, -0.2) is 0 Å². The molecule has 0 aliphatic carbocycles. The Balaban J connectivity index is 1.74. The quantitative estimate of drug-likeness (QED) is 0.856. The molecule has 0 radical (unpaired) electrons. The zero-order valence-electron chi connectivity index (χ0n) is 11.0. The predicted molar refractivity (Wildman–Crippen MR) is 78.8 cm³/mol. The molecule has 19 heavy (non-hydrogen) atoms. The van der Waals surface area contributed by atoms with Crippen LogP contribution in [0.2, 0.25) is 0 Å². The number of rotatable bonds is 3. The van der Waals surface area contributed by atoms with Crippen LogP contribution >= 0.6 is 0 Å². The largest absolute Gasteiger partial charge is 0.497 e. The first-order valence-electron chi connectivity index (χ1n) is 6.51. The number of nitrogens with two attached hydrogens (primary N) is 1. The molecule has 1 heterocycles. The molecule has 0 amide bonds. The molecular weight excluding hydrogens is 236 g/mol. The maximum Gasteiger partial charge on any atom is 0.121 e. The summed E-state index contributed by atoms with van der Waals surface area (Å²) >= 11 is 0. The maximum atomic E-state index is 6.04. The number of nitrogen functional groups attached to an aromatic ring is 1. The van der Waals surface area contributed by atoms with Gasteiger partial charge in [0.25, 0.3) is 0 Å². The molecule has 0 spiro atoms. The van der Waals surface area contributed by atoms with Crippen molar-refractivity contribution in [3.05, 3.63) is 54.1 Å². The Kier molecular flexibility index (Phi) is 3.03. The minimum atomic E-state index is 0.604. The minimum Gasteiger partial charge on any atom is -0.497 e. The number of nitrogens with zero attached hydrogens (tertiary/aromatic N) is 1. The van der Waals surface area contributed by atoms with Crippen molar-refractivity contribution in [2.75, 3.05) is 30.8 Å². The summed E-state index contributed by atoms with van der Waals surface area (Å²) in [6.45, 7) is 2.03. The van der Waals surface area contributed by atoms with Crippen molar-refractivity contribution < 1.29 is 4.74 Å². The summed E-state index contributed by atoms with van der Waals surface area (Å²) in [5, 5.41) is 0. The van der Waals surface area contributed by atoms with Gasteiger partial charge in [-0.15, -0.1) is 0 Å². The SMILES string of the molecule is COc1ccc(N)c(N2CC(c3ccccc3)C2)c1. The molecule has 0 atom stereocenters. The maximum absolute atomic E-state index is 6.04. The highest BCUT2D eigenvalue weighted by atomic mass is 16.5. The fraction of sp³-hybridized carbons (Fsp3) is 0.250.